The molecule has 6 atom stereocenters. The van der Waals surface area contributed by atoms with Crippen molar-refractivity contribution in [3.8, 4) is 0 Å². The van der Waals surface area contributed by atoms with E-state index in [2.05, 4.69) is 39.3 Å². The minimum absolute atomic E-state index is 0.0258. The van der Waals surface area contributed by atoms with Gasteiger partial charge in [-0.1, -0.05) is 95.9 Å². The van der Waals surface area contributed by atoms with Crippen molar-refractivity contribution in [3.05, 3.63) is 57.9 Å². The molecule has 6 heterocycles. The molecule has 0 aliphatic carbocycles. The van der Waals surface area contributed by atoms with E-state index in [1.54, 1.807) is 0 Å². The van der Waals surface area contributed by atoms with Gasteiger partial charge in [0.25, 0.3) is 0 Å². The lowest BCUT2D eigenvalue weighted by Crippen LogP contribution is -3.00. The largest absolute Gasteiger partial charge is 0.457 e. The molecule has 54 heavy (non-hydrogen) atoms. The Labute approximate surface area is 323 Å². The number of nitrogens with one attached hydrogen (secondary N) is 2. The molecular weight excluding hydrogens is 677 g/mol. The van der Waals surface area contributed by atoms with E-state index in [1.165, 1.54) is 83.0 Å². The second kappa shape index (κ2) is 17.9. The number of hydrogen-bond acceptors (Lipinski definition) is 8. The van der Waals surface area contributed by atoms with Gasteiger partial charge in [-0.3, -0.25) is 0 Å². The highest BCUT2D eigenvalue weighted by molar-refractivity contribution is 5.96. The summed E-state index contributed by atoms with van der Waals surface area (Å²) >= 11 is 0. The Balaban J connectivity index is 0.884. The van der Waals surface area contributed by atoms with Crippen LogP contribution in [0.5, 0.6) is 0 Å². The van der Waals surface area contributed by atoms with Gasteiger partial charge in [-0.15, -0.1) is 0 Å². The van der Waals surface area contributed by atoms with Crippen LogP contribution >= 0.6 is 0 Å². The number of carbonyl (C=O) groups excluding carboxylic acids is 2. The Bertz CT molecular complexity index is 1650. The predicted molar refractivity (Wildman–Crippen MR) is 211 cm³/mol. The average Bonchev–Trinajstić information content (AvgIpc) is 3.79. The maximum Gasteiger partial charge on any atom is 0.446 e. The van der Waals surface area contributed by atoms with Crippen LogP contribution < -0.4 is 16.0 Å². The number of carbonyl (C=O) groups is 2. The molecule has 6 aliphatic rings. The Morgan fingerprint density at radius 3 is 2.09 bits per heavy atom. The van der Waals surface area contributed by atoms with Gasteiger partial charge in [-0.25, -0.2) is 24.5 Å². The van der Waals surface area contributed by atoms with Crippen LogP contribution in [0.3, 0.4) is 0 Å². The lowest BCUT2D eigenvalue weighted by Gasteiger charge is -2.42. The summed E-state index contributed by atoms with van der Waals surface area (Å²) in [5.74, 6) is 1.64. The third-order valence-electron chi connectivity index (χ3n) is 13.0. The number of benzene rings is 1. The molecule has 0 saturated carbocycles. The average molecular weight is 743 g/mol. The molecule has 6 aliphatic heterocycles. The van der Waals surface area contributed by atoms with E-state index in [-0.39, 0.29) is 37.2 Å². The maximum atomic E-state index is 13.5. The van der Waals surface area contributed by atoms with Crippen molar-refractivity contribution in [1.29, 1.82) is 0 Å². The topological polar surface area (TPSA) is 112 Å². The fourth-order valence-corrected chi connectivity index (χ4v) is 10.2. The van der Waals surface area contributed by atoms with Gasteiger partial charge in [-0.05, 0) is 69.9 Å². The van der Waals surface area contributed by atoms with Crippen molar-refractivity contribution < 1.29 is 29.0 Å². The first-order chi connectivity index (χ1) is 26.3. The molecule has 0 bridgehead atoms. The molecule has 0 radical (unpaired) electrons. The molecule has 1 aromatic rings. The summed E-state index contributed by atoms with van der Waals surface area (Å²) in [4.78, 5) is 34.5. The van der Waals surface area contributed by atoms with Crippen molar-refractivity contribution >= 4 is 23.9 Å². The molecule has 294 valence electrons. The molecule has 0 aromatic heterocycles. The van der Waals surface area contributed by atoms with Gasteiger partial charge in [0.05, 0.1) is 17.7 Å². The van der Waals surface area contributed by atoms with Crippen LogP contribution in [-0.4, -0.2) is 69.6 Å². The van der Waals surface area contributed by atoms with E-state index in [4.69, 9.17) is 14.5 Å². The molecule has 2 fully saturated rings. The maximum absolute atomic E-state index is 13.5. The Hall–Kier alpha value is -3.66. The summed E-state index contributed by atoms with van der Waals surface area (Å²) < 4.78 is 14.3. The lowest BCUT2D eigenvalue weighted by molar-refractivity contribution is -0.710. The van der Waals surface area contributed by atoms with E-state index in [0.717, 1.165) is 78.2 Å². The molecule has 10 heteroatoms. The first kappa shape index (κ1) is 38.6. The number of hydrogen-bond donors (Lipinski definition) is 3. The molecule has 0 spiro atoms. The molecule has 7 rings (SSSR count). The zero-order valence-corrected chi connectivity index (χ0v) is 33.5. The summed E-state index contributed by atoms with van der Waals surface area (Å²) in [5, 5.41) is 9.50. The number of aliphatic imine (C=N–C) groups is 1. The van der Waals surface area contributed by atoms with Crippen LogP contribution in [-0.2, 0) is 32.3 Å². The van der Waals surface area contributed by atoms with Crippen LogP contribution in [0.25, 0.3) is 0 Å². The van der Waals surface area contributed by atoms with Crippen LogP contribution in [0.1, 0.15) is 154 Å². The molecule has 0 unspecified atom stereocenters. The fraction of sp³-hybridized carbons (Fsp3) is 0.682. The molecule has 2 saturated heterocycles. The zero-order valence-electron chi connectivity index (χ0n) is 33.5. The van der Waals surface area contributed by atoms with E-state index >= 15 is 0 Å². The zero-order chi connectivity index (χ0) is 37.6. The second-order valence-electron chi connectivity index (χ2n) is 16.9. The van der Waals surface area contributed by atoms with Gasteiger partial charge >= 0.3 is 17.9 Å². The van der Waals surface area contributed by atoms with Gasteiger partial charge in [0, 0.05) is 24.6 Å². The van der Waals surface area contributed by atoms with Crippen molar-refractivity contribution in [2.45, 2.75) is 193 Å². The van der Waals surface area contributed by atoms with Gasteiger partial charge in [0.15, 0.2) is 5.96 Å². The summed E-state index contributed by atoms with van der Waals surface area (Å²) in [5.41, 5.74) is 5.10. The Morgan fingerprint density at radius 1 is 0.778 bits per heavy atom. The predicted octanol–water partition coefficient (Wildman–Crippen LogP) is 6.44. The van der Waals surface area contributed by atoms with E-state index in [1.807, 2.05) is 38.1 Å². The molecule has 10 nitrogen and oxygen atoms in total. The van der Waals surface area contributed by atoms with Crippen molar-refractivity contribution in [2.75, 3.05) is 0 Å². The van der Waals surface area contributed by atoms with E-state index in [0.29, 0.717) is 24.2 Å². The summed E-state index contributed by atoms with van der Waals surface area (Å²) in [6.45, 7) is 8.92. The Morgan fingerprint density at radius 2 is 1.41 bits per heavy atom. The van der Waals surface area contributed by atoms with E-state index in [9.17, 15) is 9.59 Å². The minimum Gasteiger partial charge on any atom is -0.457 e. The third kappa shape index (κ3) is 8.58. The number of nitrogens with two attached hydrogens (primary N) is 1. The highest BCUT2D eigenvalue weighted by atomic mass is 16.5. The number of quaternary nitrogens is 1. The molecular formula is C44H66N6O4+2. The van der Waals surface area contributed by atoms with Gasteiger partial charge in [0.1, 0.15) is 42.6 Å². The van der Waals surface area contributed by atoms with Gasteiger partial charge in [-0.2, -0.15) is 5.32 Å². The SMILES string of the molecule is CCCCCCC[C@H]1C[C@H]2CC[C@H]3C(C(=O)OCc4ccc(COC(=O)C5=C(C)NC6=[N+]7[C@H](CC[C@@H]57)C[C@H](CCCCCCC)[NH2+]6)cc4)=C(C)NC(=N1)N23. The van der Waals surface area contributed by atoms with E-state index < -0.39 is 0 Å². The van der Waals surface area contributed by atoms with Crippen molar-refractivity contribution in [1.82, 2.24) is 15.5 Å². The number of esters is 2. The smallest absolute Gasteiger partial charge is 0.446 e. The summed E-state index contributed by atoms with van der Waals surface area (Å²) in [7, 11) is 0. The van der Waals surface area contributed by atoms with Crippen LogP contribution in [0.15, 0.2) is 51.8 Å². The minimum atomic E-state index is -0.260. The number of rotatable bonds is 18. The molecule has 0 amide bonds. The van der Waals surface area contributed by atoms with Gasteiger partial charge in [0.2, 0.25) is 0 Å². The quantitative estimate of drug-likeness (QED) is 0.0902. The fourth-order valence-electron chi connectivity index (χ4n) is 10.2. The number of ether oxygens (including phenoxy) is 2. The first-order valence-electron chi connectivity index (χ1n) is 21.6. The van der Waals surface area contributed by atoms with Crippen LogP contribution in [0, 0.1) is 0 Å². The number of unbranched alkanes of at least 4 members (excludes halogenated alkanes) is 8. The highest BCUT2D eigenvalue weighted by Gasteiger charge is 2.51. The van der Waals surface area contributed by atoms with Crippen LogP contribution in [0.2, 0.25) is 0 Å². The third-order valence-corrected chi connectivity index (χ3v) is 13.0. The number of allylic oxidation sites excluding steroid dienone is 2. The number of guanidine groups is 2. The van der Waals surface area contributed by atoms with Crippen LogP contribution in [0.4, 0.5) is 0 Å². The van der Waals surface area contributed by atoms with Crippen molar-refractivity contribution in [2.24, 2.45) is 4.99 Å². The monoisotopic (exact) mass is 743 g/mol. The second-order valence-corrected chi connectivity index (χ2v) is 16.9. The lowest BCUT2D eigenvalue weighted by atomic mass is 9.97. The normalized spacial score (nSPS) is 27.0. The molecule has 1 aromatic carbocycles. The molecule has 4 N–H and O–H groups in total. The summed E-state index contributed by atoms with van der Waals surface area (Å²) in [6, 6.07) is 9.85. The van der Waals surface area contributed by atoms with Crippen molar-refractivity contribution in [3.63, 3.8) is 0 Å². The number of nitrogens with zero attached hydrogens (tertiary/aromatic N) is 3. The highest BCUT2D eigenvalue weighted by Crippen LogP contribution is 2.39. The Kier molecular flexibility index (Phi) is 12.8. The van der Waals surface area contributed by atoms with Gasteiger partial charge < -0.3 is 19.7 Å². The first-order valence-corrected chi connectivity index (χ1v) is 21.6. The summed E-state index contributed by atoms with van der Waals surface area (Å²) in [6.07, 6.45) is 21.8. The standard InChI is InChI=1S/C44H64N6O4/c1-5-7-9-11-13-15-33-25-35-21-23-37-39(29(3)45-43(47-33)49(35)37)41(51)53-27-31-17-19-32(20-18-31)28-54-42(52)40-30(4)46-44-48-34(16-14-12-10-8-6-2)26-36-22-24-38(40)50(36)44/h17-20,33-38H,5-16,21-28H2,1-4H3,(H2,45,46,47,48,51,52)/p+2/t33-,34-,35+,36+,37-,38-/m0/s1.